The highest BCUT2D eigenvalue weighted by molar-refractivity contribution is 5.95. The van der Waals surface area contributed by atoms with E-state index in [9.17, 15) is 20.0 Å². The van der Waals surface area contributed by atoms with Crippen molar-refractivity contribution in [2.45, 2.75) is 6.04 Å². The van der Waals surface area contributed by atoms with Crippen LogP contribution >= 0.6 is 0 Å². The summed E-state index contributed by atoms with van der Waals surface area (Å²) >= 11 is 0. The van der Waals surface area contributed by atoms with Gasteiger partial charge in [-0.2, -0.15) is 0 Å². The summed E-state index contributed by atoms with van der Waals surface area (Å²) in [6.07, 6.45) is 0. The first-order valence-corrected chi connectivity index (χ1v) is 6.85. The van der Waals surface area contributed by atoms with E-state index in [0.29, 0.717) is 0 Å². The number of nitrogens with zero attached hydrogens (tertiary/aromatic N) is 1. The molecule has 120 valence electrons. The molecule has 2 N–H and O–H groups in total. The van der Waals surface area contributed by atoms with Gasteiger partial charge >= 0.3 is 5.69 Å². The first kappa shape index (κ1) is 16.4. The fourth-order valence-corrected chi connectivity index (χ4v) is 2.13. The molecule has 0 heterocycles. The molecule has 0 radical (unpaired) electrons. The number of phenolic OH excluding ortho intramolecular Hbond substituents is 1. The molecule has 2 aromatic carbocycles. The van der Waals surface area contributed by atoms with Gasteiger partial charge in [-0.1, -0.05) is 30.3 Å². The number of hydrogen-bond acceptors (Lipinski definition) is 5. The molecular formula is C16H16N2O5. The molecular weight excluding hydrogens is 300 g/mol. The van der Waals surface area contributed by atoms with Crippen molar-refractivity contribution in [3.8, 4) is 5.75 Å². The Morgan fingerprint density at radius 1 is 1.30 bits per heavy atom. The molecule has 1 amide bonds. The summed E-state index contributed by atoms with van der Waals surface area (Å²) in [4.78, 5) is 22.4. The molecule has 0 aliphatic carbocycles. The van der Waals surface area contributed by atoms with Crippen LogP contribution in [0.4, 0.5) is 5.69 Å². The Morgan fingerprint density at radius 3 is 2.61 bits per heavy atom. The van der Waals surface area contributed by atoms with E-state index in [1.807, 2.05) is 30.3 Å². The van der Waals surface area contributed by atoms with Crippen molar-refractivity contribution >= 4 is 11.6 Å². The van der Waals surface area contributed by atoms with Gasteiger partial charge in [0.05, 0.1) is 17.6 Å². The standard InChI is InChI=1S/C16H16N2O5/c1-23-10-13(11-5-3-2-4-6-11)17-16(20)12-7-8-15(19)14(9-12)18(21)22/h2-9,13,19H,10H2,1H3,(H,17,20). The van der Waals surface area contributed by atoms with Gasteiger partial charge in [0, 0.05) is 18.7 Å². The van der Waals surface area contributed by atoms with Crippen molar-refractivity contribution in [1.82, 2.24) is 5.32 Å². The van der Waals surface area contributed by atoms with Crippen LogP contribution in [0.1, 0.15) is 22.0 Å². The van der Waals surface area contributed by atoms with Gasteiger partial charge in [0.1, 0.15) is 0 Å². The van der Waals surface area contributed by atoms with Gasteiger partial charge in [0.15, 0.2) is 5.75 Å². The molecule has 0 saturated heterocycles. The Labute approximate surface area is 132 Å². The molecule has 0 aliphatic heterocycles. The van der Waals surface area contributed by atoms with Crippen molar-refractivity contribution in [1.29, 1.82) is 0 Å². The second-order valence-electron chi connectivity index (χ2n) is 4.85. The SMILES string of the molecule is COCC(NC(=O)c1ccc(O)c([N+](=O)[O-])c1)c1ccccc1. The fraction of sp³-hybridized carbons (Fsp3) is 0.188. The number of rotatable bonds is 6. The normalized spacial score (nSPS) is 11.7. The van der Waals surface area contributed by atoms with Crippen LogP contribution in [0, 0.1) is 10.1 Å². The van der Waals surface area contributed by atoms with Gasteiger partial charge in [0.25, 0.3) is 5.91 Å². The first-order chi connectivity index (χ1) is 11.0. The largest absolute Gasteiger partial charge is 0.502 e. The molecule has 0 aromatic heterocycles. The van der Waals surface area contributed by atoms with Crippen LogP contribution in [0.3, 0.4) is 0 Å². The number of ether oxygens (including phenoxy) is 1. The highest BCUT2D eigenvalue weighted by Gasteiger charge is 2.20. The van der Waals surface area contributed by atoms with Gasteiger partial charge in [-0.3, -0.25) is 14.9 Å². The minimum Gasteiger partial charge on any atom is -0.502 e. The number of phenols is 1. The Hall–Kier alpha value is -2.93. The lowest BCUT2D eigenvalue weighted by Gasteiger charge is -2.18. The van der Waals surface area contributed by atoms with Crippen molar-refractivity contribution < 1.29 is 19.6 Å². The molecule has 23 heavy (non-hydrogen) atoms. The van der Waals surface area contributed by atoms with Crippen molar-refractivity contribution in [2.75, 3.05) is 13.7 Å². The smallest absolute Gasteiger partial charge is 0.311 e. The summed E-state index contributed by atoms with van der Waals surface area (Å²) in [5.74, 6) is -0.970. The Kier molecular flexibility index (Phi) is 5.27. The number of aromatic hydroxyl groups is 1. The van der Waals surface area contributed by atoms with E-state index in [0.717, 1.165) is 17.7 Å². The lowest BCUT2D eigenvalue weighted by Crippen LogP contribution is -2.31. The molecule has 2 aromatic rings. The lowest BCUT2D eigenvalue weighted by molar-refractivity contribution is -0.385. The van der Waals surface area contributed by atoms with Crippen LogP contribution in [0.2, 0.25) is 0 Å². The maximum absolute atomic E-state index is 12.3. The molecule has 0 bridgehead atoms. The second kappa shape index (κ2) is 7.37. The number of nitro benzene ring substituents is 1. The van der Waals surface area contributed by atoms with Gasteiger partial charge in [0.2, 0.25) is 0 Å². The molecule has 1 unspecified atom stereocenters. The van der Waals surface area contributed by atoms with Crippen LogP contribution in [-0.2, 0) is 4.74 Å². The van der Waals surface area contributed by atoms with E-state index in [1.54, 1.807) is 0 Å². The predicted molar refractivity (Wildman–Crippen MR) is 83.3 cm³/mol. The number of carbonyl (C=O) groups is 1. The Balaban J connectivity index is 2.22. The number of nitro groups is 1. The number of hydrogen-bond donors (Lipinski definition) is 2. The summed E-state index contributed by atoms with van der Waals surface area (Å²) in [7, 11) is 1.52. The topological polar surface area (TPSA) is 102 Å². The number of amides is 1. The van der Waals surface area contributed by atoms with E-state index in [1.165, 1.54) is 13.2 Å². The molecule has 0 fully saturated rings. The van der Waals surface area contributed by atoms with Gasteiger partial charge in [-0.15, -0.1) is 0 Å². The van der Waals surface area contributed by atoms with Gasteiger partial charge < -0.3 is 15.2 Å². The van der Waals surface area contributed by atoms with Crippen molar-refractivity contribution in [3.63, 3.8) is 0 Å². The molecule has 7 nitrogen and oxygen atoms in total. The lowest BCUT2D eigenvalue weighted by atomic mass is 10.1. The highest BCUT2D eigenvalue weighted by atomic mass is 16.6. The molecule has 0 saturated carbocycles. The zero-order valence-electron chi connectivity index (χ0n) is 12.4. The van der Waals surface area contributed by atoms with Crippen LogP contribution < -0.4 is 5.32 Å². The quantitative estimate of drug-likeness (QED) is 0.629. The molecule has 0 aliphatic rings. The highest BCUT2D eigenvalue weighted by Crippen LogP contribution is 2.26. The minimum atomic E-state index is -0.740. The van der Waals surface area contributed by atoms with E-state index >= 15 is 0 Å². The number of carbonyl (C=O) groups excluding carboxylic acids is 1. The second-order valence-corrected chi connectivity index (χ2v) is 4.85. The fourth-order valence-electron chi connectivity index (χ4n) is 2.13. The number of benzene rings is 2. The monoisotopic (exact) mass is 316 g/mol. The van der Waals surface area contributed by atoms with Crippen molar-refractivity contribution in [3.05, 3.63) is 69.8 Å². The summed E-state index contributed by atoms with van der Waals surface area (Å²) in [6.45, 7) is 0.260. The maximum Gasteiger partial charge on any atom is 0.311 e. The molecule has 0 spiro atoms. The number of nitrogens with one attached hydrogen (secondary N) is 1. The van der Waals surface area contributed by atoms with E-state index < -0.39 is 22.3 Å². The van der Waals surface area contributed by atoms with Crippen LogP contribution in [-0.4, -0.2) is 29.7 Å². The van der Waals surface area contributed by atoms with Gasteiger partial charge in [-0.25, -0.2) is 0 Å². The Bertz CT molecular complexity index is 703. The molecule has 2 rings (SSSR count). The number of methoxy groups -OCH3 is 1. The maximum atomic E-state index is 12.3. The average molecular weight is 316 g/mol. The van der Waals surface area contributed by atoms with E-state index in [-0.39, 0.29) is 18.2 Å². The first-order valence-electron chi connectivity index (χ1n) is 6.85. The van der Waals surface area contributed by atoms with Crippen LogP contribution in [0.5, 0.6) is 5.75 Å². The summed E-state index contributed by atoms with van der Waals surface area (Å²) < 4.78 is 5.11. The zero-order chi connectivity index (χ0) is 16.8. The summed E-state index contributed by atoms with van der Waals surface area (Å²) in [5, 5.41) is 23.0. The third-order valence-corrected chi connectivity index (χ3v) is 3.27. The third kappa shape index (κ3) is 4.04. The van der Waals surface area contributed by atoms with E-state index in [4.69, 9.17) is 4.74 Å². The van der Waals surface area contributed by atoms with Crippen LogP contribution in [0.15, 0.2) is 48.5 Å². The third-order valence-electron chi connectivity index (χ3n) is 3.27. The minimum absolute atomic E-state index is 0.0894. The molecule has 7 heteroatoms. The average Bonchev–Trinajstić information content (AvgIpc) is 2.55. The van der Waals surface area contributed by atoms with E-state index in [2.05, 4.69) is 5.32 Å². The Morgan fingerprint density at radius 2 is 2.00 bits per heavy atom. The van der Waals surface area contributed by atoms with Crippen molar-refractivity contribution in [2.24, 2.45) is 0 Å². The summed E-state index contributed by atoms with van der Waals surface area (Å²) in [6, 6.07) is 12.4. The molecule has 1 atom stereocenters. The van der Waals surface area contributed by atoms with Crippen LogP contribution in [0.25, 0.3) is 0 Å². The zero-order valence-corrected chi connectivity index (χ0v) is 12.4. The summed E-state index contributed by atoms with van der Waals surface area (Å²) in [5.41, 5.74) is 0.433. The van der Waals surface area contributed by atoms with Gasteiger partial charge in [-0.05, 0) is 17.7 Å². The predicted octanol–water partition coefficient (Wildman–Crippen LogP) is 2.42.